The lowest BCUT2D eigenvalue weighted by Crippen LogP contribution is -2.34. The molecule has 128 valence electrons. The van der Waals surface area contributed by atoms with Gasteiger partial charge in [0.15, 0.2) is 0 Å². The minimum atomic E-state index is 0.241. The Kier molecular flexibility index (Phi) is 3.49. The summed E-state index contributed by atoms with van der Waals surface area (Å²) in [5.74, 6) is 1.20. The zero-order chi connectivity index (χ0) is 17.0. The van der Waals surface area contributed by atoms with E-state index in [9.17, 15) is 0 Å². The van der Waals surface area contributed by atoms with E-state index in [1.807, 2.05) is 0 Å². The lowest BCUT2D eigenvalue weighted by molar-refractivity contribution is -0.0471. The molecule has 2 nitrogen and oxygen atoms in total. The predicted molar refractivity (Wildman–Crippen MR) is 102 cm³/mol. The Morgan fingerprint density at radius 3 is 2.64 bits per heavy atom. The molecular formula is C23H25NO. The summed E-state index contributed by atoms with van der Waals surface area (Å²) in [6.45, 7) is 3.01. The van der Waals surface area contributed by atoms with Crippen LogP contribution < -0.4 is 0 Å². The van der Waals surface area contributed by atoms with Gasteiger partial charge in [-0.15, -0.1) is 0 Å². The van der Waals surface area contributed by atoms with Gasteiger partial charge < -0.3 is 9.30 Å². The lowest BCUT2D eigenvalue weighted by Gasteiger charge is -2.42. The van der Waals surface area contributed by atoms with Gasteiger partial charge in [-0.2, -0.15) is 0 Å². The fourth-order valence-corrected chi connectivity index (χ4v) is 5.20. The Bertz CT molecular complexity index is 921. The first kappa shape index (κ1) is 15.2. The maximum absolute atomic E-state index is 6.29. The van der Waals surface area contributed by atoms with Crippen molar-refractivity contribution in [3.63, 3.8) is 0 Å². The van der Waals surface area contributed by atoms with Gasteiger partial charge in [-0.25, -0.2) is 0 Å². The molecule has 1 fully saturated rings. The minimum Gasteiger partial charge on any atom is -0.373 e. The first-order valence-corrected chi connectivity index (χ1v) is 9.48. The number of fused-ring (bicyclic) bond motifs is 5. The highest BCUT2D eigenvalue weighted by Gasteiger charge is 2.41. The van der Waals surface area contributed by atoms with Crippen molar-refractivity contribution < 1.29 is 4.74 Å². The average molecular weight is 331 g/mol. The van der Waals surface area contributed by atoms with Crippen LogP contribution in [0.25, 0.3) is 10.9 Å². The average Bonchev–Trinajstić information content (AvgIpc) is 2.95. The molecule has 2 heterocycles. The SMILES string of the molecule is Cc1ccc([C@@H]2OCC[C@@H]3c4c(c5ccccc5n4C)CC[C@@H]32)cc1. The molecule has 0 amide bonds. The van der Waals surface area contributed by atoms with E-state index in [0.29, 0.717) is 11.8 Å². The normalized spacial score (nSPS) is 25.6. The molecule has 1 aliphatic carbocycles. The molecule has 3 atom stereocenters. The number of ether oxygens (including phenoxy) is 1. The molecule has 0 radical (unpaired) electrons. The van der Waals surface area contributed by atoms with Crippen molar-refractivity contribution in [2.75, 3.05) is 6.61 Å². The van der Waals surface area contributed by atoms with Gasteiger partial charge in [0.25, 0.3) is 0 Å². The van der Waals surface area contributed by atoms with Crippen LogP contribution in [0.2, 0.25) is 0 Å². The third-order valence-corrected chi connectivity index (χ3v) is 6.38. The first-order chi connectivity index (χ1) is 12.2. The number of rotatable bonds is 1. The molecule has 2 aliphatic rings. The highest BCUT2D eigenvalue weighted by Crippen LogP contribution is 2.50. The fourth-order valence-electron chi connectivity index (χ4n) is 5.20. The van der Waals surface area contributed by atoms with Crippen molar-refractivity contribution in [3.8, 4) is 0 Å². The van der Waals surface area contributed by atoms with Crippen LogP contribution >= 0.6 is 0 Å². The van der Waals surface area contributed by atoms with E-state index in [4.69, 9.17) is 4.74 Å². The summed E-state index contributed by atoms with van der Waals surface area (Å²) < 4.78 is 8.75. The molecule has 0 bridgehead atoms. The van der Waals surface area contributed by atoms with Crippen molar-refractivity contribution in [1.82, 2.24) is 4.57 Å². The smallest absolute Gasteiger partial charge is 0.0859 e. The monoisotopic (exact) mass is 331 g/mol. The number of para-hydroxylation sites is 1. The van der Waals surface area contributed by atoms with Crippen molar-refractivity contribution in [2.24, 2.45) is 13.0 Å². The van der Waals surface area contributed by atoms with Crippen LogP contribution in [0.15, 0.2) is 48.5 Å². The Balaban J connectivity index is 1.59. The summed E-state index contributed by atoms with van der Waals surface area (Å²) in [5, 5.41) is 1.46. The Morgan fingerprint density at radius 1 is 1.00 bits per heavy atom. The second kappa shape index (κ2) is 5.74. The predicted octanol–water partition coefficient (Wildman–Crippen LogP) is 5.29. The molecule has 5 rings (SSSR count). The van der Waals surface area contributed by atoms with Crippen LogP contribution in [0.4, 0.5) is 0 Å². The second-order valence-corrected chi connectivity index (χ2v) is 7.74. The number of benzene rings is 2. The largest absolute Gasteiger partial charge is 0.373 e. The minimum absolute atomic E-state index is 0.241. The zero-order valence-electron chi connectivity index (χ0n) is 15.0. The molecule has 3 aromatic rings. The third-order valence-electron chi connectivity index (χ3n) is 6.38. The zero-order valence-corrected chi connectivity index (χ0v) is 15.0. The van der Waals surface area contributed by atoms with Gasteiger partial charge >= 0.3 is 0 Å². The number of hydrogen-bond acceptors (Lipinski definition) is 1. The van der Waals surface area contributed by atoms with E-state index < -0.39 is 0 Å². The van der Waals surface area contributed by atoms with Crippen molar-refractivity contribution >= 4 is 10.9 Å². The number of aryl methyl sites for hydroxylation is 3. The Hall–Kier alpha value is -2.06. The molecule has 0 saturated carbocycles. The van der Waals surface area contributed by atoms with Crippen molar-refractivity contribution in [2.45, 2.75) is 38.2 Å². The van der Waals surface area contributed by atoms with E-state index in [1.54, 1.807) is 11.3 Å². The van der Waals surface area contributed by atoms with E-state index in [2.05, 4.69) is 67.1 Å². The molecule has 0 N–H and O–H groups in total. The number of nitrogens with zero attached hydrogens (tertiary/aromatic N) is 1. The maximum Gasteiger partial charge on any atom is 0.0859 e. The summed E-state index contributed by atoms with van der Waals surface area (Å²) in [5.41, 5.74) is 7.20. The standard InChI is InChI=1S/C23H25NO/c1-15-7-9-16(10-8-15)23-20-12-11-18-17-5-3-4-6-21(17)24(2)22(18)19(20)13-14-25-23/h3-10,19-20,23H,11-14H2,1-2H3/t19-,20-,23-/m0/s1. The van der Waals surface area contributed by atoms with Crippen LogP contribution in [0.5, 0.6) is 0 Å². The van der Waals surface area contributed by atoms with E-state index in [1.165, 1.54) is 34.9 Å². The molecule has 0 unspecified atom stereocenters. The molecule has 1 aromatic heterocycles. The van der Waals surface area contributed by atoms with E-state index in [-0.39, 0.29) is 6.10 Å². The van der Waals surface area contributed by atoms with Crippen LogP contribution in [0, 0.1) is 12.8 Å². The Morgan fingerprint density at radius 2 is 1.80 bits per heavy atom. The molecule has 1 aliphatic heterocycles. The Labute approximate surface area is 149 Å². The fraction of sp³-hybridized carbons (Fsp3) is 0.391. The highest BCUT2D eigenvalue weighted by atomic mass is 16.5. The van der Waals surface area contributed by atoms with Crippen LogP contribution in [0.3, 0.4) is 0 Å². The van der Waals surface area contributed by atoms with Crippen LogP contribution in [-0.2, 0) is 18.2 Å². The van der Waals surface area contributed by atoms with Gasteiger partial charge in [-0.1, -0.05) is 48.0 Å². The third kappa shape index (κ3) is 2.27. The van der Waals surface area contributed by atoms with Crippen LogP contribution in [0.1, 0.15) is 47.2 Å². The van der Waals surface area contributed by atoms with Gasteiger partial charge in [0.2, 0.25) is 0 Å². The molecular weight excluding hydrogens is 306 g/mol. The summed E-state index contributed by atoms with van der Waals surface area (Å²) >= 11 is 0. The number of aromatic nitrogens is 1. The van der Waals surface area contributed by atoms with Crippen LogP contribution in [-0.4, -0.2) is 11.2 Å². The second-order valence-electron chi connectivity index (χ2n) is 7.74. The maximum atomic E-state index is 6.29. The quantitative estimate of drug-likeness (QED) is 0.590. The van der Waals surface area contributed by atoms with Gasteiger partial charge in [0.05, 0.1) is 6.10 Å². The first-order valence-electron chi connectivity index (χ1n) is 9.48. The molecule has 0 spiro atoms. The molecule has 25 heavy (non-hydrogen) atoms. The van der Waals surface area contributed by atoms with Gasteiger partial charge in [-0.3, -0.25) is 0 Å². The van der Waals surface area contributed by atoms with Gasteiger partial charge in [-0.05, 0) is 49.3 Å². The molecule has 2 heteroatoms. The topological polar surface area (TPSA) is 14.2 Å². The number of hydrogen-bond donors (Lipinski definition) is 0. The van der Waals surface area contributed by atoms with E-state index >= 15 is 0 Å². The highest BCUT2D eigenvalue weighted by molar-refractivity contribution is 5.86. The van der Waals surface area contributed by atoms with Gasteiger partial charge in [0, 0.05) is 36.2 Å². The summed E-state index contributed by atoms with van der Waals surface area (Å²) in [6.07, 6.45) is 3.78. The molecule has 2 aromatic carbocycles. The van der Waals surface area contributed by atoms with Crippen molar-refractivity contribution in [1.29, 1.82) is 0 Å². The summed E-state index contributed by atoms with van der Waals surface area (Å²) in [6, 6.07) is 17.8. The van der Waals surface area contributed by atoms with E-state index in [0.717, 1.165) is 13.0 Å². The summed E-state index contributed by atoms with van der Waals surface area (Å²) in [7, 11) is 2.25. The lowest BCUT2D eigenvalue weighted by atomic mass is 9.71. The van der Waals surface area contributed by atoms with Gasteiger partial charge in [0.1, 0.15) is 0 Å². The summed E-state index contributed by atoms with van der Waals surface area (Å²) in [4.78, 5) is 0. The van der Waals surface area contributed by atoms with Crippen molar-refractivity contribution in [3.05, 3.63) is 70.9 Å². The molecule has 1 saturated heterocycles.